The number of hydrogen-bond donors (Lipinski definition) is 0. The molecule has 0 bridgehead atoms. The predicted molar refractivity (Wildman–Crippen MR) is 82.2 cm³/mol. The van der Waals surface area contributed by atoms with Gasteiger partial charge in [0.15, 0.2) is 0 Å². The molecule has 0 spiro atoms. The van der Waals surface area contributed by atoms with Crippen molar-refractivity contribution in [1.82, 2.24) is 4.90 Å². The molecule has 1 aromatic carbocycles. The summed E-state index contributed by atoms with van der Waals surface area (Å²) in [4.78, 5) is 1.96. The van der Waals surface area contributed by atoms with Gasteiger partial charge in [-0.25, -0.2) is 4.39 Å². The summed E-state index contributed by atoms with van der Waals surface area (Å²) in [5.41, 5.74) is 0.269. The Hall–Kier alpha value is -1.19. The van der Waals surface area contributed by atoms with Gasteiger partial charge in [0.2, 0.25) is 0 Å². The molecule has 0 amide bonds. The van der Waals surface area contributed by atoms with Gasteiger partial charge in [-0.15, -0.1) is 0 Å². The molecule has 1 saturated heterocycles. The Balaban J connectivity index is 1.98. The van der Waals surface area contributed by atoms with E-state index >= 15 is 0 Å². The predicted octanol–water partition coefficient (Wildman–Crippen LogP) is 3.17. The SMILES string of the molecule is COCCOC1CCN(C(C#N)c2c(F)cccc2Cl)CC1. The largest absolute Gasteiger partial charge is 0.382 e. The first-order valence-electron chi connectivity index (χ1n) is 7.35. The molecule has 0 radical (unpaired) electrons. The quantitative estimate of drug-likeness (QED) is 0.753. The zero-order valence-corrected chi connectivity index (χ0v) is 13.4. The van der Waals surface area contributed by atoms with Gasteiger partial charge in [0.25, 0.3) is 0 Å². The first-order valence-corrected chi connectivity index (χ1v) is 7.73. The number of methoxy groups -OCH3 is 1. The third-order valence-corrected chi connectivity index (χ3v) is 4.21. The fraction of sp³-hybridized carbons (Fsp3) is 0.562. The lowest BCUT2D eigenvalue weighted by molar-refractivity contribution is -0.0182. The smallest absolute Gasteiger partial charge is 0.130 e. The monoisotopic (exact) mass is 326 g/mol. The fourth-order valence-corrected chi connectivity index (χ4v) is 2.97. The van der Waals surface area contributed by atoms with Crippen molar-refractivity contribution in [1.29, 1.82) is 5.26 Å². The van der Waals surface area contributed by atoms with Crippen LogP contribution in [0.25, 0.3) is 0 Å². The number of benzene rings is 1. The van der Waals surface area contributed by atoms with Crippen LogP contribution >= 0.6 is 11.6 Å². The van der Waals surface area contributed by atoms with E-state index < -0.39 is 11.9 Å². The summed E-state index contributed by atoms with van der Waals surface area (Å²) in [6.07, 6.45) is 1.80. The maximum Gasteiger partial charge on any atom is 0.130 e. The van der Waals surface area contributed by atoms with Crippen LogP contribution in [0.1, 0.15) is 24.4 Å². The summed E-state index contributed by atoms with van der Waals surface area (Å²) in [5.74, 6) is -0.433. The van der Waals surface area contributed by atoms with E-state index in [2.05, 4.69) is 6.07 Å². The Kier molecular flexibility index (Phi) is 6.59. The van der Waals surface area contributed by atoms with Crippen LogP contribution in [-0.2, 0) is 9.47 Å². The van der Waals surface area contributed by atoms with Gasteiger partial charge in [0.05, 0.1) is 25.4 Å². The van der Waals surface area contributed by atoms with Crippen molar-refractivity contribution in [3.05, 3.63) is 34.6 Å². The summed E-state index contributed by atoms with van der Waals surface area (Å²) in [7, 11) is 1.64. The molecule has 4 nitrogen and oxygen atoms in total. The number of rotatable bonds is 6. The number of piperidine rings is 1. The number of hydrogen-bond acceptors (Lipinski definition) is 4. The van der Waals surface area contributed by atoms with Crippen molar-refractivity contribution >= 4 is 11.6 Å². The van der Waals surface area contributed by atoms with E-state index in [-0.39, 0.29) is 11.7 Å². The van der Waals surface area contributed by atoms with Gasteiger partial charge in [-0.1, -0.05) is 17.7 Å². The molecule has 1 fully saturated rings. The Morgan fingerprint density at radius 2 is 2.14 bits per heavy atom. The van der Waals surface area contributed by atoms with Gasteiger partial charge < -0.3 is 9.47 Å². The van der Waals surface area contributed by atoms with Crippen LogP contribution in [-0.4, -0.2) is 44.4 Å². The van der Waals surface area contributed by atoms with Crippen molar-refractivity contribution in [2.45, 2.75) is 25.0 Å². The van der Waals surface area contributed by atoms with E-state index in [1.807, 2.05) is 4.90 Å². The van der Waals surface area contributed by atoms with Gasteiger partial charge in [0.1, 0.15) is 11.9 Å². The molecule has 1 unspecified atom stereocenters. The van der Waals surface area contributed by atoms with Crippen LogP contribution in [0, 0.1) is 17.1 Å². The lowest BCUT2D eigenvalue weighted by atomic mass is 10.0. The fourth-order valence-electron chi connectivity index (χ4n) is 2.70. The number of nitrogens with zero attached hydrogens (tertiary/aromatic N) is 2. The molecule has 1 aliphatic rings. The van der Waals surface area contributed by atoms with Gasteiger partial charge in [-0.2, -0.15) is 5.26 Å². The molecule has 1 aromatic rings. The van der Waals surface area contributed by atoms with Gasteiger partial charge in [-0.3, -0.25) is 4.90 Å². The summed E-state index contributed by atoms with van der Waals surface area (Å²) in [6.45, 7) is 2.51. The third-order valence-electron chi connectivity index (χ3n) is 3.88. The highest BCUT2D eigenvalue weighted by Gasteiger charge is 2.29. The Bertz CT molecular complexity index is 507. The van der Waals surface area contributed by atoms with Crippen molar-refractivity contribution in [3.63, 3.8) is 0 Å². The highest BCUT2D eigenvalue weighted by atomic mass is 35.5. The maximum atomic E-state index is 14.0. The molecule has 0 aliphatic carbocycles. The van der Waals surface area contributed by atoms with E-state index in [1.165, 1.54) is 6.07 Å². The van der Waals surface area contributed by atoms with E-state index in [4.69, 9.17) is 21.1 Å². The van der Waals surface area contributed by atoms with Crippen LogP contribution < -0.4 is 0 Å². The number of halogens is 2. The van der Waals surface area contributed by atoms with Gasteiger partial charge >= 0.3 is 0 Å². The van der Waals surface area contributed by atoms with Crippen molar-refractivity contribution in [2.75, 3.05) is 33.4 Å². The Labute approximate surface area is 135 Å². The van der Waals surface area contributed by atoms with Crippen LogP contribution in [0.15, 0.2) is 18.2 Å². The highest BCUT2D eigenvalue weighted by molar-refractivity contribution is 6.31. The Morgan fingerprint density at radius 3 is 2.73 bits per heavy atom. The topological polar surface area (TPSA) is 45.5 Å². The maximum absolute atomic E-state index is 14.0. The first-order chi connectivity index (χ1) is 10.7. The first kappa shape index (κ1) is 17.2. The molecule has 0 aromatic heterocycles. The molecule has 2 rings (SSSR count). The van der Waals surface area contributed by atoms with Gasteiger partial charge in [-0.05, 0) is 25.0 Å². The highest BCUT2D eigenvalue weighted by Crippen LogP contribution is 2.31. The minimum atomic E-state index is -0.659. The number of ether oxygens (including phenoxy) is 2. The van der Waals surface area contributed by atoms with E-state index in [0.29, 0.717) is 31.3 Å². The summed E-state index contributed by atoms with van der Waals surface area (Å²) < 4.78 is 24.7. The average molecular weight is 327 g/mol. The molecule has 22 heavy (non-hydrogen) atoms. The molecular weight excluding hydrogens is 307 g/mol. The molecule has 0 saturated carbocycles. The number of nitriles is 1. The molecule has 0 N–H and O–H groups in total. The van der Waals surface area contributed by atoms with E-state index in [1.54, 1.807) is 19.2 Å². The minimum absolute atomic E-state index is 0.168. The van der Waals surface area contributed by atoms with Crippen LogP contribution in [0.2, 0.25) is 5.02 Å². The third kappa shape index (κ3) is 4.17. The molecule has 1 atom stereocenters. The lowest BCUT2D eigenvalue weighted by Crippen LogP contribution is -2.39. The number of likely N-dealkylation sites (tertiary alicyclic amines) is 1. The van der Waals surface area contributed by atoms with Crippen LogP contribution in [0.4, 0.5) is 4.39 Å². The normalized spacial score (nSPS) is 18.1. The van der Waals surface area contributed by atoms with E-state index in [0.717, 1.165) is 12.8 Å². The van der Waals surface area contributed by atoms with Crippen molar-refractivity contribution in [3.8, 4) is 6.07 Å². The molecule has 1 heterocycles. The van der Waals surface area contributed by atoms with Crippen molar-refractivity contribution in [2.24, 2.45) is 0 Å². The molecular formula is C16H20ClFN2O2. The van der Waals surface area contributed by atoms with E-state index in [9.17, 15) is 9.65 Å². The Morgan fingerprint density at radius 1 is 1.41 bits per heavy atom. The molecule has 120 valence electrons. The zero-order valence-electron chi connectivity index (χ0n) is 12.6. The van der Waals surface area contributed by atoms with Crippen LogP contribution in [0.3, 0.4) is 0 Å². The summed E-state index contributed by atoms with van der Waals surface area (Å²) in [5, 5.41) is 9.75. The minimum Gasteiger partial charge on any atom is -0.382 e. The second-order valence-corrected chi connectivity index (χ2v) is 5.67. The second-order valence-electron chi connectivity index (χ2n) is 5.27. The average Bonchev–Trinajstić information content (AvgIpc) is 2.52. The zero-order chi connectivity index (χ0) is 15.9. The van der Waals surface area contributed by atoms with Gasteiger partial charge in [0, 0.05) is 30.8 Å². The lowest BCUT2D eigenvalue weighted by Gasteiger charge is -2.35. The van der Waals surface area contributed by atoms with Crippen molar-refractivity contribution < 1.29 is 13.9 Å². The second kappa shape index (κ2) is 8.44. The van der Waals surface area contributed by atoms with Crippen LogP contribution in [0.5, 0.6) is 0 Å². The molecule has 6 heteroatoms. The summed E-state index contributed by atoms with van der Waals surface area (Å²) in [6, 6.07) is 6.02. The standard InChI is InChI=1S/C16H20ClFN2O2/c1-21-9-10-22-12-5-7-20(8-6-12)15(11-19)16-13(17)3-2-4-14(16)18/h2-4,12,15H,5-10H2,1H3. The summed E-state index contributed by atoms with van der Waals surface area (Å²) >= 11 is 6.08. The molecule has 1 aliphatic heterocycles.